The van der Waals surface area contributed by atoms with Crippen LogP contribution in [0.1, 0.15) is 76.0 Å². The van der Waals surface area contributed by atoms with Gasteiger partial charge in [-0.15, -0.1) is 11.3 Å². The Morgan fingerprint density at radius 1 is 0.857 bits per heavy atom. The van der Waals surface area contributed by atoms with Gasteiger partial charge in [0.25, 0.3) is 0 Å². The first-order valence-corrected chi connectivity index (χ1v) is 10.4. The molecule has 1 rings (SSSR count). The summed E-state index contributed by atoms with van der Waals surface area (Å²) < 4.78 is 1.24. The Kier molecular flexibility index (Phi) is 12.6. The van der Waals surface area contributed by atoms with Gasteiger partial charge in [0.2, 0.25) is 0 Å². The van der Waals surface area contributed by atoms with E-state index in [9.17, 15) is 0 Å². The third-order valence-corrected chi connectivity index (χ3v) is 5.57. The molecule has 0 amide bonds. The van der Waals surface area contributed by atoms with Crippen LogP contribution in [0.25, 0.3) is 0 Å². The Labute approximate surface area is 144 Å². The smallest absolute Gasteiger partial charge is 0.0701 e. The van der Waals surface area contributed by atoms with Gasteiger partial charge in [-0.3, -0.25) is 0 Å². The molecule has 0 unspecified atom stereocenters. The second-order valence-electron chi connectivity index (χ2n) is 5.89. The molecule has 0 saturated carbocycles. The first-order chi connectivity index (χ1) is 10.3. The monoisotopic (exact) mass is 373 g/mol. The summed E-state index contributed by atoms with van der Waals surface area (Å²) in [5.41, 5.74) is 0. The molecule has 0 radical (unpaired) electrons. The lowest BCUT2D eigenvalue weighted by atomic mass is 10.1. The Morgan fingerprint density at radius 2 is 1.48 bits per heavy atom. The van der Waals surface area contributed by atoms with E-state index in [1.54, 1.807) is 0 Å². The Morgan fingerprint density at radius 3 is 2.05 bits per heavy atom. The number of hydrogen-bond acceptors (Lipinski definition) is 2. The van der Waals surface area contributed by atoms with Gasteiger partial charge in [-0.1, -0.05) is 64.7 Å². The van der Waals surface area contributed by atoms with Crippen LogP contribution in [0.15, 0.2) is 15.9 Å². The number of thiophene rings is 1. The lowest BCUT2D eigenvalue weighted by Gasteiger charge is -2.04. The van der Waals surface area contributed by atoms with E-state index >= 15 is 0 Å². The average Bonchev–Trinajstić information content (AvgIpc) is 2.89. The number of rotatable bonds is 14. The highest BCUT2D eigenvalue weighted by molar-refractivity contribution is 9.11. The normalized spacial score (nSPS) is 11.1. The van der Waals surface area contributed by atoms with Crippen LogP contribution in [-0.2, 0) is 6.42 Å². The van der Waals surface area contributed by atoms with E-state index in [0.29, 0.717) is 0 Å². The van der Waals surface area contributed by atoms with E-state index in [2.05, 4.69) is 40.3 Å². The molecule has 0 atom stereocenters. The molecule has 0 saturated heterocycles. The molecule has 1 N–H and O–H groups in total. The van der Waals surface area contributed by atoms with Gasteiger partial charge in [-0.25, -0.2) is 0 Å². The van der Waals surface area contributed by atoms with Gasteiger partial charge >= 0.3 is 0 Å². The quantitative estimate of drug-likeness (QED) is 0.364. The molecule has 1 aromatic rings. The van der Waals surface area contributed by atoms with E-state index in [0.717, 1.165) is 13.0 Å². The van der Waals surface area contributed by atoms with Crippen molar-refractivity contribution in [2.24, 2.45) is 0 Å². The van der Waals surface area contributed by atoms with Crippen LogP contribution in [0.4, 0.5) is 0 Å². The molecule has 1 heterocycles. The number of hydrogen-bond donors (Lipinski definition) is 1. The summed E-state index contributed by atoms with van der Waals surface area (Å²) in [4.78, 5) is 1.47. The van der Waals surface area contributed by atoms with Crippen molar-refractivity contribution < 1.29 is 0 Å². The minimum atomic E-state index is 1.12. The SMILES string of the molecule is CCCCCCCCCCCCNCCc1ccc(Br)s1. The fraction of sp³-hybridized carbons (Fsp3) is 0.778. The van der Waals surface area contributed by atoms with Gasteiger partial charge in [0.1, 0.15) is 0 Å². The van der Waals surface area contributed by atoms with Crippen molar-refractivity contribution in [3.05, 3.63) is 20.8 Å². The van der Waals surface area contributed by atoms with Crippen LogP contribution in [0.5, 0.6) is 0 Å². The van der Waals surface area contributed by atoms with E-state index in [-0.39, 0.29) is 0 Å². The fourth-order valence-electron chi connectivity index (χ4n) is 2.56. The molecular formula is C18H32BrNS. The first-order valence-electron chi connectivity index (χ1n) is 8.78. The van der Waals surface area contributed by atoms with Crippen molar-refractivity contribution in [2.45, 2.75) is 77.6 Å². The van der Waals surface area contributed by atoms with E-state index in [1.807, 2.05) is 11.3 Å². The molecule has 0 fully saturated rings. The molecule has 0 aliphatic rings. The maximum Gasteiger partial charge on any atom is 0.0701 e. The molecule has 1 nitrogen and oxygen atoms in total. The van der Waals surface area contributed by atoms with Crippen LogP contribution in [-0.4, -0.2) is 13.1 Å². The Hall–Kier alpha value is 0.140. The summed E-state index contributed by atoms with van der Waals surface area (Å²) in [6.07, 6.45) is 15.3. The maximum atomic E-state index is 3.56. The molecule has 122 valence electrons. The third kappa shape index (κ3) is 11.4. The predicted molar refractivity (Wildman–Crippen MR) is 100 cm³/mol. The van der Waals surface area contributed by atoms with Crippen molar-refractivity contribution >= 4 is 27.3 Å². The lowest BCUT2D eigenvalue weighted by Crippen LogP contribution is -2.18. The largest absolute Gasteiger partial charge is 0.316 e. The molecule has 0 aliphatic carbocycles. The minimum Gasteiger partial charge on any atom is -0.316 e. The van der Waals surface area contributed by atoms with E-state index in [4.69, 9.17) is 0 Å². The third-order valence-electron chi connectivity index (χ3n) is 3.88. The average molecular weight is 374 g/mol. The minimum absolute atomic E-state index is 1.12. The predicted octanol–water partition coefficient (Wildman–Crippen LogP) is 6.56. The number of unbranched alkanes of at least 4 members (excludes halogenated alkanes) is 9. The molecule has 0 bridgehead atoms. The first kappa shape index (κ1) is 19.2. The summed E-state index contributed by atoms with van der Waals surface area (Å²) in [6.45, 7) is 4.58. The van der Waals surface area contributed by atoms with Crippen LogP contribution in [0.2, 0.25) is 0 Å². The summed E-state index contributed by atoms with van der Waals surface area (Å²) >= 11 is 5.36. The number of nitrogens with one attached hydrogen (secondary N) is 1. The van der Waals surface area contributed by atoms with Gasteiger partial charge in [-0.05, 0) is 54.0 Å². The summed E-state index contributed by atoms with van der Waals surface area (Å²) in [5, 5.41) is 3.56. The fourth-order valence-corrected chi connectivity index (χ4v) is 4.04. The second kappa shape index (κ2) is 13.8. The Bertz CT molecular complexity index is 338. The van der Waals surface area contributed by atoms with Gasteiger partial charge in [-0.2, -0.15) is 0 Å². The molecular weight excluding hydrogens is 342 g/mol. The van der Waals surface area contributed by atoms with E-state index in [1.165, 1.54) is 79.4 Å². The zero-order valence-corrected chi connectivity index (χ0v) is 16.0. The molecule has 0 aromatic carbocycles. The van der Waals surface area contributed by atoms with Gasteiger partial charge in [0.05, 0.1) is 3.79 Å². The van der Waals surface area contributed by atoms with Crippen LogP contribution in [0.3, 0.4) is 0 Å². The summed E-state index contributed by atoms with van der Waals surface area (Å²) in [5.74, 6) is 0. The molecule has 0 aliphatic heterocycles. The zero-order valence-electron chi connectivity index (χ0n) is 13.6. The summed E-state index contributed by atoms with van der Waals surface area (Å²) in [6, 6.07) is 4.36. The highest BCUT2D eigenvalue weighted by Gasteiger charge is 1.97. The number of halogens is 1. The highest BCUT2D eigenvalue weighted by Crippen LogP contribution is 2.22. The maximum absolute atomic E-state index is 3.56. The standard InChI is InChI=1S/C18H32BrNS/c1-2-3-4-5-6-7-8-9-10-11-15-20-16-14-17-12-13-18(19)21-17/h12-13,20H,2-11,14-16H2,1H3. The molecule has 0 spiro atoms. The van der Waals surface area contributed by atoms with Crippen LogP contribution < -0.4 is 5.32 Å². The van der Waals surface area contributed by atoms with Crippen molar-refractivity contribution in [3.8, 4) is 0 Å². The lowest BCUT2D eigenvalue weighted by molar-refractivity contribution is 0.544. The molecule has 1 aromatic heterocycles. The molecule has 3 heteroatoms. The topological polar surface area (TPSA) is 12.0 Å². The highest BCUT2D eigenvalue weighted by atomic mass is 79.9. The van der Waals surface area contributed by atoms with E-state index < -0.39 is 0 Å². The van der Waals surface area contributed by atoms with Gasteiger partial charge in [0.15, 0.2) is 0 Å². The second-order valence-corrected chi connectivity index (χ2v) is 8.44. The van der Waals surface area contributed by atoms with Crippen molar-refractivity contribution in [1.82, 2.24) is 5.32 Å². The van der Waals surface area contributed by atoms with Crippen LogP contribution >= 0.6 is 27.3 Å². The van der Waals surface area contributed by atoms with Gasteiger partial charge < -0.3 is 5.32 Å². The van der Waals surface area contributed by atoms with Crippen LogP contribution in [0, 0.1) is 0 Å². The molecule has 21 heavy (non-hydrogen) atoms. The van der Waals surface area contributed by atoms with Gasteiger partial charge in [0, 0.05) is 4.88 Å². The summed E-state index contributed by atoms with van der Waals surface area (Å²) in [7, 11) is 0. The van der Waals surface area contributed by atoms with Crippen molar-refractivity contribution in [3.63, 3.8) is 0 Å². The zero-order chi connectivity index (χ0) is 15.2. The Balaban J connectivity index is 1.74. The van der Waals surface area contributed by atoms with Crippen molar-refractivity contribution in [1.29, 1.82) is 0 Å². The van der Waals surface area contributed by atoms with Crippen molar-refractivity contribution in [2.75, 3.05) is 13.1 Å².